The van der Waals surface area contributed by atoms with Gasteiger partial charge in [0.1, 0.15) is 0 Å². The number of hydrogen-bond acceptors (Lipinski definition) is 6. The van der Waals surface area contributed by atoms with Gasteiger partial charge in [-0.15, -0.1) is 0 Å². The fraction of sp³-hybridized carbons (Fsp3) is 0.368. The Hall–Kier alpha value is -2.44. The van der Waals surface area contributed by atoms with Crippen molar-refractivity contribution < 1.29 is 10.2 Å². The zero-order valence-electron chi connectivity index (χ0n) is 14.9. The van der Waals surface area contributed by atoms with E-state index in [-0.39, 0.29) is 13.2 Å². The summed E-state index contributed by atoms with van der Waals surface area (Å²) in [5.41, 5.74) is 10.9. The third-order valence-electron chi connectivity index (χ3n) is 4.10. The fourth-order valence-electron chi connectivity index (χ4n) is 2.63. The van der Waals surface area contributed by atoms with Crippen LogP contribution < -0.4 is 20.9 Å². The molecule has 0 aliphatic carbocycles. The molecule has 2 aromatic rings. The molecule has 0 saturated carbocycles. The highest BCUT2D eigenvalue weighted by atomic mass is 16.3. The molecule has 136 valence electrons. The molecule has 0 radical (unpaired) electrons. The molecule has 0 aromatic heterocycles. The number of aliphatic hydroxyl groups excluding tert-OH is 2. The highest BCUT2D eigenvalue weighted by Gasteiger charge is 2.08. The van der Waals surface area contributed by atoms with Crippen molar-refractivity contribution in [1.29, 1.82) is 0 Å². The molecule has 0 spiro atoms. The zero-order valence-corrected chi connectivity index (χ0v) is 14.9. The Kier molecular flexibility index (Phi) is 6.91. The number of nitrogen functional groups attached to an aromatic ring is 1. The zero-order chi connectivity index (χ0) is 18.2. The maximum Gasteiger partial charge on any atom is 0.0606 e. The van der Waals surface area contributed by atoms with Crippen LogP contribution in [0.5, 0.6) is 0 Å². The molecular formula is C19H28N4O2. The summed E-state index contributed by atoms with van der Waals surface area (Å²) in [6, 6.07) is 14.0. The van der Waals surface area contributed by atoms with Gasteiger partial charge in [0, 0.05) is 56.5 Å². The summed E-state index contributed by atoms with van der Waals surface area (Å²) in [6.07, 6.45) is 0. The molecule has 2 aromatic carbocycles. The van der Waals surface area contributed by atoms with Crippen molar-refractivity contribution in [1.82, 2.24) is 0 Å². The number of hydrogen-bond donors (Lipinski definition) is 4. The molecule has 0 saturated heterocycles. The lowest BCUT2D eigenvalue weighted by molar-refractivity contribution is 0.281. The standard InChI is InChI=1S/C19H28N4O2/c1-22(2)17-5-3-16(4-6-17)21-14-15-13-18(7-8-19(15)20)23(9-11-24)10-12-25/h3-8,13,21,24-25H,9-12,14,20H2,1-2H3. The minimum absolute atomic E-state index is 0.0379. The van der Waals surface area contributed by atoms with Crippen molar-refractivity contribution in [2.75, 3.05) is 61.2 Å². The van der Waals surface area contributed by atoms with Gasteiger partial charge in [0.05, 0.1) is 13.2 Å². The average Bonchev–Trinajstić information content (AvgIpc) is 2.61. The molecule has 6 heteroatoms. The monoisotopic (exact) mass is 344 g/mol. The number of nitrogens with one attached hydrogen (secondary N) is 1. The first-order valence-electron chi connectivity index (χ1n) is 8.41. The van der Waals surface area contributed by atoms with Gasteiger partial charge in [0.2, 0.25) is 0 Å². The van der Waals surface area contributed by atoms with Gasteiger partial charge in [-0.3, -0.25) is 0 Å². The maximum atomic E-state index is 9.20. The van der Waals surface area contributed by atoms with Crippen molar-refractivity contribution in [3.8, 4) is 0 Å². The molecule has 2 rings (SSSR count). The van der Waals surface area contributed by atoms with E-state index < -0.39 is 0 Å². The van der Waals surface area contributed by atoms with E-state index in [9.17, 15) is 10.2 Å². The first-order chi connectivity index (χ1) is 12.0. The second kappa shape index (κ2) is 9.15. The van der Waals surface area contributed by atoms with E-state index in [0.29, 0.717) is 25.3 Å². The van der Waals surface area contributed by atoms with E-state index in [0.717, 1.165) is 22.6 Å². The maximum absolute atomic E-state index is 9.20. The molecule has 0 atom stereocenters. The van der Waals surface area contributed by atoms with Crippen molar-refractivity contribution >= 4 is 22.7 Å². The number of rotatable bonds is 9. The highest BCUT2D eigenvalue weighted by molar-refractivity contribution is 5.60. The second-order valence-corrected chi connectivity index (χ2v) is 6.11. The van der Waals surface area contributed by atoms with Crippen molar-refractivity contribution in [2.45, 2.75) is 6.54 Å². The van der Waals surface area contributed by atoms with Crippen LogP contribution in [0.15, 0.2) is 42.5 Å². The number of nitrogens with two attached hydrogens (primary N) is 1. The lowest BCUT2D eigenvalue weighted by Crippen LogP contribution is -2.29. The lowest BCUT2D eigenvalue weighted by Gasteiger charge is -2.24. The number of aliphatic hydroxyl groups is 2. The Balaban J connectivity index is 2.09. The smallest absolute Gasteiger partial charge is 0.0606 e. The molecular weight excluding hydrogens is 316 g/mol. The van der Waals surface area contributed by atoms with Crippen molar-refractivity contribution in [3.63, 3.8) is 0 Å². The molecule has 25 heavy (non-hydrogen) atoms. The van der Waals surface area contributed by atoms with E-state index in [1.807, 2.05) is 49.3 Å². The van der Waals surface area contributed by atoms with Crippen LogP contribution in [-0.2, 0) is 6.54 Å². The minimum Gasteiger partial charge on any atom is -0.398 e. The minimum atomic E-state index is 0.0379. The topological polar surface area (TPSA) is 85.0 Å². The van der Waals surface area contributed by atoms with Crippen LogP contribution in [0.25, 0.3) is 0 Å². The van der Waals surface area contributed by atoms with Crippen LogP contribution in [-0.4, -0.2) is 50.6 Å². The number of nitrogens with zero attached hydrogens (tertiary/aromatic N) is 2. The molecule has 0 unspecified atom stereocenters. The van der Waals surface area contributed by atoms with E-state index >= 15 is 0 Å². The van der Waals surface area contributed by atoms with Crippen LogP contribution >= 0.6 is 0 Å². The number of benzene rings is 2. The Morgan fingerprint density at radius 1 is 0.920 bits per heavy atom. The summed E-state index contributed by atoms with van der Waals surface area (Å²) in [5, 5.41) is 21.8. The molecule has 6 nitrogen and oxygen atoms in total. The summed E-state index contributed by atoms with van der Waals surface area (Å²) >= 11 is 0. The van der Waals surface area contributed by atoms with Crippen molar-refractivity contribution in [2.24, 2.45) is 0 Å². The van der Waals surface area contributed by atoms with Gasteiger partial charge in [-0.2, -0.15) is 0 Å². The SMILES string of the molecule is CN(C)c1ccc(NCc2cc(N(CCO)CCO)ccc2N)cc1. The molecule has 0 heterocycles. The third kappa shape index (κ3) is 5.27. The summed E-state index contributed by atoms with van der Waals surface area (Å²) in [5.74, 6) is 0. The molecule has 0 bridgehead atoms. The predicted octanol–water partition coefficient (Wildman–Crippen LogP) is 1.74. The Bertz CT molecular complexity index is 653. The van der Waals surface area contributed by atoms with Gasteiger partial charge in [0.15, 0.2) is 0 Å². The quantitative estimate of drug-likeness (QED) is 0.519. The van der Waals surface area contributed by atoms with Crippen LogP contribution in [0.3, 0.4) is 0 Å². The Morgan fingerprint density at radius 3 is 2.08 bits per heavy atom. The second-order valence-electron chi connectivity index (χ2n) is 6.11. The van der Waals surface area contributed by atoms with Gasteiger partial charge in [0.25, 0.3) is 0 Å². The van der Waals surface area contributed by atoms with Crippen molar-refractivity contribution in [3.05, 3.63) is 48.0 Å². The average molecular weight is 344 g/mol. The van der Waals surface area contributed by atoms with Crippen LogP contribution in [0, 0.1) is 0 Å². The van der Waals surface area contributed by atoms with Gasteiger partial charge in [-0.25, -0.2) is 0 Å². The predicted molar refractivity (Wildman–Crippen MR) is 105 cm³/mol. The van der Waals surface area contributed by atoms with E-state index in [1.54, 1.807) is 0 Å². The first-order valence-corrected chi connectivity index (χ1v) is 8.41. The van der Waals surface area contributed by atoms with Crippen LogP contribution in [0.2, 0.25) is 0 Å². The largest absolute Gasteiger partial charge is 0.398 e. The number of anilines is 4. The van der Waals surface area contributed by atoms with Crippen LogP contribution in [0.1, 0.15) is 5.56 Å². The first kappa shape index (κ1) is 18.9. The van der Waals surface area contributed by atoms with E-state index in [1.165, 1.54) is 0 Å². The lowest BCUT2D eigenvalue weighted by atomic mass is 10.1. The normalized spacial score (nSPS) is 10.6. The molecule has 0 fully saturated rings. The van der Waals surface area contributed by atoms with Crippen LogP contribution in [0.4, 0.5) is 22.7 Å². The summed E-state index contributed by atoms with van der Waals surface area (Å²) in [7, 11) is 4.03. The van der Waals surface area contributed by atoms with E-state index in [4.69, 9.17) is 5.73 Å². The van der Waals surface area contributed by atoms with Gasteiger partial charge >= 0.3 is 0 Å². The summed E-state index contributed by atoms with van der Waals surface area (Å²) < 4.78 is 0. The Labute approximate surface area is 149 Å². The third-order valence-corrected chi connectivity index (χ3v) is 4.10. The highest BCUT2D eigenvalue weighted by Crippen LogP contribution is 2.23. The van der Waals surface area contributed by atoms with E-state index in [2.05, 4.69) is 22.3 Å². The Morgan fingerprint density at radius 2 is 1.52 bits per heavy atom. The van der Waals surface area contributed by atoms with Gasteiger partial charge < -0.3 is 31.1 Å². The molecule has 0 aliphatic heterocycles. The molecule has 5 N–H and O–H groups in total. The molecule has 0 aliphatic rings. The summed E-state index contributed by atoms with van der Waals surface area (Å²) in [4.78, 5) is 4.00. The summed E-state index contributed by atoms with van der Waals surface area (Å²) in [6.45, 7) is 1.63. The molecule has 0 amide bonds. The van der Waals surface area contributed by atoms with Gasteiger partial charge in [-0.05, 0) is 48.0 Å². The van der Waals surface area contributed by atoms with Gasteiger partial charge in [-0.1, -0.05) is 0 Å². The fourth-order valence-corrected chi connectivity index (χ4v) is 2.63.